The number of hydrogen-bond donors (Lipinski definition) is 0. The molecule has 4 rings (SSSR count). The van der Waals surface area contributed by atoms with Crippen LogP contribution >= 0.6 is 43.6 Å². The minimum absolute atomic E-state index is 0.111. The van der Waals surface area contributed by atoms with Crippen molar-refractivity contribution in [1.29, 1.82) is 0 Å². The summed E-state index contributed by atoms with van der Waals surface area (Å²) in [5.74, 6) is 0.259. The quantitative estimate of drug-likeness (QED) is 0.279. The molecule has 0 aliphatic carbocycles. The predicted octanol–water partition coefficient (Wildman–Crippen LogP) is 7.55. The van der Waals surface area contributed by atoms with Crippen molar-refractivity contribution >= 4 is 66.5 Å². The van der Waals surface area contributed by atoms with E-state index in [0.29, 0.717) is 34.7 Å². The van der Waals surface area contributed by atoms with Gasteiger partial charge < -0.3 is 4.74 Å². The van der Waals surface area contributed by atoms with E-state index < -0.39 is 0 Å². The molecule has 1 saturated heterocycles. The van der Waals surface area contributed by atoms with Gasteiger partial charge in [0.25, 0.3) is 5.91 Å². The second-order valence-corrected chi connectivity index (χ2v) is 9.84. The molecule has 1 heterocycles. The minimum atomic E-state index is -0.325. The van der Waals surface area contributed by atoms with E-state index in [1.807, 2.05) is 55.5 Å². The molecule has 168 valence electrons. The Morgan fingerprint density at radius 3 is 2.36 bits per heavy atom. The van der Waals surface area contributed by atoms with Crippen molar-refractivity contribution in [1.82, 2.24) is 4.90 Å². The molecule has 8 heteroatoms. The smallest absolute Gasteiger partial charge is 0.266 e. The van der Waals surface area contributed by atoms with E-state index in [2.05, 4.69) is 36.9 Å². The first-order chi connectivity index (χ1) is 15.9. The zero-order valence-corrected chi connectivity index (χ0v) is 21.6. The van der Waals surface area contributed by atoms with Crippen LogP contribution in [0.3, 0.4) is 0 Å². The molecule has 0 saturated carbocycles. The van der Waals surface area contributed by atoms with Crippen LogP contribution in [0.15, 0.2) is 85.6 Å². The third-order valence-corrected chi connectivity index (χ3v) is 6.98. The SMILES string of the molecule is CCN1C(=O)/C(=C\c2cc(Br)c(OCc3ccccc3)c(Br)c2)SC1=Nc1ccc(F)cc1. The van der Waals surface area contributed by atoms with Crippen molar-refractivity contribution in [2.75, 3.05) is 6.54 Å². The molecule has 0 radical (unpaired) electrons. The Morgan fingerprint density at radius 2 is 1.73 bits per heavy atom. The molecule has 3 aromatic carbocycles. The lowest BCUT2D eigenvalue weighted by Gasteiger charge is -2.12. The first kappa shape index (κ1) is 23.7. The third kappa shape index (κ3) is 5.75. The number of amides is 1. The van der Waals surface area contributed by atoms with Crippen LogP contribution in [0.5, 0.6) is 5.75 Å². The average molecular weight is 590 g/mol. The Bertz CT molecular complexity index is 1210. The first-order valence-electron chi connectivity index (χ1n) is 10.2. The van der Waals surface area contributed by atoms with Gasteiger partial charge in [-0.15, -0.1) is 0 Å². The number of aliphatic imine (C=N–C) groups is 1. The highest BCUT2D eigenvalue weighted by atomic mass is 79.9. The molecule has 33 heavy (non-hydrogen) atoms. The maximum absolute atomic E-state index is 13.2. The van der Waals surface area contributed by atoms with Crippen molar-refractivity contribution in [2.45, 2.75) is 13.5 Å². The molecule has 0 aromatic heterocycles. The fraction of sp³-hybridized carbons (Fsp3) is 0.120. The molecule has 1 aliphatic heterocycles. The summed E-state index contributed by atoms with van der Waals surface area (Å²) in [5.41, 5.74) is 2.51. The van der Waals surface area contributed by atoms with Gasteiger partial charge in [-0.1, -0.05) is 30.3 Å². The second kappa shape index (κ2) is 10.7. The van der Waals surface area contributed by atoms with E-state index in [-0.39, 0.29) is 11.7 Å². The van der Waals surface area contributed by atoms with E-state index >= 15 is 0 Å². The molecule has 1 aliphatic rings. The summed E-state index contributed by atoms with van der Waals surface area (Å²) in [6.07, 6.45) is 1.83. The van der Waals surface area contributed by atoms with Crippen LogP contribution in [0.2, 0.25) is 0 Å². The Labute approximate surface area is 212 Å². The average Bonchev–Trinajstić information content (AvgIpc) is 3.09. The van der Waals surface area contributed by atoms with Crippen molar-refractivity contribution in [3.8, 4) is 5.75 Å². The third-order valence-electron chi connectivity index (χ3n) is 4.80. The van der Waals surface area contributed by atoms with Crippen molar-refractivity contribution in [3.63, 3.8) is 0 Å². The molecule has 1 fully saturated rings. The van der Waals surface area contributed by atoms with Crippen LogP contribution in [-0.4, -0.2) is 22.5 Å². The van der Waals surface area contributed by atoms with Gasteiger partial charge in [0.15, 0.2) is 5.17 Å². The van der Waals surface area contributed by atoms with Crippen molar-refractivity contribution in [2.24, 2.45) is 4.99 Å². The number of carbonyl (C=O) groups is 1. The molecule has 1 amide bonds. The van der Waals surface area contributed by atoms with Crippen LogP contribution in [0.25, 0.3) is 6.08 Å². The van der Waals surface area contributed by atoms with Gasteiger partial charge in [-0.3, -0.25) is 9.69 Å². The van der Waals surface area contributed by atoms with Crippen LogP contribution < -0.4 is 4.74 Å². The molecular formula is C25H19Br2FN2O2S. The largest absolute Gasteiger partial charge is 0.487 e. The van der Waals surface area contributed by atoms with Crippen molar-refractivity contribution in [3.05, 3.63) is 97.5 Å². The summed E-state index contributed by atoms with van der Waals surface area (Å²) in [7, 11) is 0. The second-order valence-electron chi connectivity index (χ2n) is 7.12. The Kier molecular flexibility index (Phi) is 7.67. The Balaban J connectivity index is 1.56. The summed E-state index contributed by atoms with van der Waals surface area (Å²) in [6, 6.07) is 19.6. The number of benzene rings is 3. The number of ether oxygens (including phenoxy) is 1. The standard InChI is InChI=1S/C25H19Br2FN2O2S/c1-2-30-24(31)22(33-25(30)29-19-10-8-18(28)9-11-19)14-17-12-20(26)23(21(27)13-17)32-15-16-6-4-3-5-7-16/h3-14H,2,15H2,1H3/b22-14+,29-25?. The van der Waals surface area contributed by atoms with E-state index in [4.69, 9.17) is 4.74 Å². The molecule has 3 aromatic rings. The van der Waals surface area contributed by atoms with E-state index in [1.54, 1.807) is 17.0 Å². The molecule has 0 bridgehead atoms. The summed E-state index contributed by atoms with van der Waals surface area (Å²) in [5, 5.41) is 0.571. The topological polar surface area (TPSA) is 41.9 Å². The lowest BCUT2D eigenvalue weighted by molar-refractivity contribution is -0.122. The zero-order chi connectivity index (χ0) is 23.4. The van der Waals surface area contributed by atoms with Gasteiger partial charge in [0.2, 0.25) is 0 Å². The fourth-order valence-corrected chi connectivity index (χ4v) is 5.69. The maximum atomic E-state index is 13.2. The van der Waals surface area contributed by atoms with Gasteiger partial charge in [-0.25, -0.2) is 9.38 Å². The molecule has 0 spiro atoms. The predicted molar refractivity (Wildman–Crippen MR) is 139 cm³/mol. The summed E-state index contributed by atoms with van der Waals surface area (Å²) < 4.78 is 20.7. The number of halogens is 3. The van der Waals surface area contributed by atoms with E-state index in [9.17, 15) is 9.18 Å². The number of likely N-dealkylation sites (N-methyl/N-ethyl adjacent to an activating group) is 1. The number of amidine groups is 1. The van der Waals surface area contributed by atoms with Gasteiger partial charge in [0, 0.05) is 6.54 Å². The number of hydrogen-bond acceptors (Lipinski definition) is 4. The monoisotopic (exact) mass is 588 g/mol. The summed E-state index contributed by atoms with van der Waals surface area (Å²) in [4.78, 5) is 19.7. The van der Waals surface area contributed by atoms with Crippen LogP contribution in [0.4, 0.5) is 10.1 Å². The normalized spacial score (nSPS) is 16.1. The maximum Gasteiger partial charge on any atom is 0.266 e. The molecule has 0 unspecified atom stereocenters. The van der Waals surface area contributed by atoms with Gasteiger partial charge in [0.1, 0.15) is 18.2 Å². The fourth-order valence-electron chi connectivity index (χ4n) is 3.18. The minimum Gasteiger partial charge on any atom is -0.487 e. The molecule has 0 N–H and O–H groups in total. The Morgan fingerprint density at radius 1 is 1.06 bits per heavy atom. The van der Waals surface area contributed by atoms with Crippen LogP contribution in [0, 0.1) is 5.82 Å². The van der Waals surface area contributed by atoms with Gasteiger partial charge in [0.05, 0.1) is 19.5 Å². The van der Waals surface area contributed by atoms with E-state index in [1.165, 1.54) is 23.9 Å². The highest BCUT2D eigenvalue weighted by Gasteiger charge is 2.32. The summed E-state index contributed by atoms with van der Waals surface area (Å²) >= 11 is 8.47. The molecule has 4 nitrogen and oxygen atoms in total. The summed E-state index contributed by atoms with van der Waals surface area (Å²) in [6.45, 7) is 2.83. The number of thioether (sulfide) groups is 1. The highest BCUT2D eigenvalue weighted by Crippen LogP contribution is 2.38. The van der Waals surface area contributed by atoms with Crippen LogP contribution in [-0.2, 0) is 11.4 Å². The lowest BCUT2D eigenvalue weighted by atomic mass is 10.2. The lowest BCUT2D eigenvalue weighted by Crippen LogP contribution is -2.28. The Hall–Kier alpha value is -2.42. The van der Waals surface area contributed by atoms with Gasteiger partial charge >= 0.3 is 0 Å². The van der Waals surface area contributed by atoms with Gasteiger partial charge in [-0.05, 0) is 104 Å². The number of carbonyl (C=O) groups excluding carboxylic acids is 1. The number of rotatable bonds is 6. The zero-order valence-electron chi connectivity index (χ0n) is 17.6. The van der Waals surface area contributed by atoms with Gasteiger partial charge in [-0.2, -0.15) is 0 Å². The highest BCUT2D eigenvalue weighted by molar-refractivity contribution is 9.11. The van der Waals surface area contributed by atoms with Crippen molar-refractivity contribution < 1.29 is 13.9 Å². The molecular weight excluding hydrogens is 571 g/mol. The van der Waals surface area contributed by atoms with E-state index in [0.717, 1.165) is 20.1 Å². The number of nitrogens with zero attached hydrogens (tertiary/aromatic N) is 2. The first-order valence-corrected chi connectivity index (χ1v) is 12.6. The van der Waals surface area contributed by atoms with Crippen LogP contribution in [0.1, 0.15) is 18.1 Å². The molecule has 0 atom stereocenters.